The van der Waals surface area contributed by atoms with Gasteiger partial charge in [0, 0.05) is 31.2 Å². The third-order valence-corrected chi connectivity index (χ3v) is 8.13. The molecule has 0 aliphatic carbocycles. The summed E-state index contributed by atoms with van der Waals surface area (Å²) in [5.41, 5.74) is 11.0. The molecule has 0 saturated carbocycles. The summed E-state index contributed by atoms with van der Waals surface area (Å²) in [7, 11) is -3.53. The monoisotopic (exact) mass is 518 g/mol. The second-order valence-electron chi connectivity index (χ2n) is 9.30. The number of aliphatic imine (C=N–C) groups is 2. The highest BCUT2D eigenvalue weighted by Crippen LogP contribution is 2.40. The fourth-order valence-corrected chi connectivity index (χ4v) is 5.99. The summed E-state index contributed by atoms with van der Waals surface area (Å²) < 4.78 is 23.8. The molecule has 36 heavy (non-hydrogen) atoms. The molecule has 5 atom stereocenters. The number of amides is 3. The molecule has 15 heteroatoms. The van der Waals surface area contributed by atoms with Gasteiger partial charge >= 0.3 is 0 Å². The lowest BCUT2D eigenvalue weighted by atomic mass is 9.87. The van der Waals surface area contributed by atoms with Gasteiger partial charge in [0.1, 0.15) is 12.1 Å². The van der Waals surface area contributed by atoms with Crippen molar-refractivity contribution in [1.29, 1.82) is 0 Å². The molecule has 3 amide bonds. The quantitative estimate of drug-likeness (QED) is 0.245. The largest absolute Gasteiger partial charge is 0.386 e. The van der Waals surface area contributed by atoms with E-state index in [1.165, 1.54) is 24.3 Å². The highest BCUT2D eigenvalue weighted by Gasteiger charge is 2.65. The molecule has 2 fully saturated rings. The van der Waals surface area contributed by atoms with Gasteiger partial charge in [-0.2, -0.15) is 0 Å². The van der Waals surface area contributed by atoms with Gasteiger partial charge in [-0.05, 0) is 18.2 Å². The third kappa shape index (κ3) is 3.65. The molecule has 14 nitrogen and oxygen atoms in total. The normalized spacial score (nSPS) is 31.5. The van der Waals surface area contributed by atoms with Gasteiger partial charge < -0.3 is 32.1 Å². The number of carbonyl (C=O) groups excluding carboxylic acids is 3. The van der Waals surface area contributed by atoms with Crippen molar-refractivity contribution in [1.82, 2.24) is 20.4 Å². The summed E-state index contributed by atoms with van der Waals surface area (Å²) in [6, 6.07) is 3.12. The Morgan fingerprint density at radius 1 is 1.25 bits per heavy atom. The van der Waals surface area contributed by atoms with Gasteiger partial charge in [0.2, 0.25) is 11.8 Å². The second-order valence-corrected chi connectivity index (χ2v) is 11.3. The number of nitrogens with one attached hydrogen (secondary N) is 2. The van der Waals surface area contributed by atoms with Crippen LogP contribution < -0.4 is 22.1 Å². The molecule has 5 rings (SSSR count). The van der Waals surface area contributed by atoms with Crippen LogP contribution in [0.5, 0.6) is 0 Å². The number of hydrogen-bond acceptors (Lipinski definition) is 12. The van der Waals surface area contributed by atoms with E-state index in [4.69, 9.17) is 11.5 Å². The Bertz CT molecular complexity index is 1310. The molecule has 1 spiro atoms. The van der Waals surface area contributed by atoms with Crippen molar-refractivity contribution >= 4 is 39.5 Å². The average Bonchev–Trinajstić information content (AvgIpc) is 3.43. The minimum atomic E-state index is -3.53. The van der Waals surface area contributed by atoms with Gasteiger partial charge in [-0.3, -0.25) is 19.3 Å². The van der Waals surface area contributed by atoms with Crippen molar-refractivity contribution in [3.8, 4) is 0 Å². The number of rotatable bonds is 5. The predicted octanol–water partition coefficient (Wildman–Crippen LogP) is -3.31. The second kappa shape index (κ2) is 8.16. The van der Waals surface area contributed by atoms with Crippen molar-refractivity contribution in [2.24, 2.45) is 21.5 Å². The van der Waals surface area contributed by atoms with Gasteiger partial charge in [-0.25, -0.2) is 18.4 Å². The van der Waals surface area contributed by atoms with Crippen LogP contribution in [-0.2, 0) is 19.4 Å². The summed E-state index contributed by atoms with van der Waals surface area (Å²) in [4.78, 5) is 48.9. The lowest BCUT2D eigenvalue weighted by molar-refractivity contribution is -0.138. The van der Waals surface area contributed by atoms with E-state index in [-0.39, 0.29) is 60.1 Å². The number of nitrogens with two attached hydrogens (primary N) is 2. The first-order valence-electron chi connectivity index (χ1n) is 11.3. The third-order valence-electron chi connectivity index (χ3n) is 7.02. The molecule has 2 saturated heterocycles. The van der Waals surface area contributed by atoms with E-state index in [1.807, 2.05) is 0 Å². The van der Waals surface area contributed by atoms with E-state index in [2.05, 4.69) is 20.6 Å². The molecule has 4 aliphatic heterocycles. The summed E-state index contributed by atoms with van der Waals surface area (Å²) in [5.74, 6) is -1.18. The van der Waals surface area contributed by atoms with Gasteiger partial charge in [-0.1, -0.05) is 6.07 Å². The molecule has 1 aromatic rings. The number of likely N-dealkylation sites (tertiary alicyclic amines) is 1. The zero-order chi connectivity index (χ0) is 26.0. The first kappa shape index (κ1) is 24.0. The van der Waals surface area contributed by atoms with E-state index < -0.39 is 45.6 Å². The molecule has 0 radical (unpaired) electrons. The summed E-state index contributed by atoms with van der Waals surface area (Å²) in [6.45, 7) is -0.0201. The number of benzene rings is 1. The molecule has 7 N–H and O–H groups in total. The Morgan fingerprint density at radius 2 is 1.94 bits per heavy atom. The van der Waals surface area contributed by atoms with Gasteiger partial charge in [0.15, 0.2) is 27.4 Å². The van der Waals surface area contributed by atoms with Crippen molar-refractivity contribution in [3.05, 3.63) is 29.8 Å². The minimum Gasteiger partial charge on any atom is -0.386 e. The maximum Gasteiger partial charge on any atom is 0.251 e. The smallest absolute Gasteiger partial charge is 0.251 e. The number of hydrogen-bond donors (Lipinski definition) is 5. The number of guanidine groups is 2. The highest BCUT2D eigenvalue weighted by atomic mass is 32.2. The fraction of sp³-hybridized carbons (Fsp3) is 0.476. The fourth-order valence-electron chi connectivity index (χ4n) is 5.32. The number of aliphatic hydroxyl groups excluding tert-OH is 1. The van der Waals surface area contributed by atoms with Crippen LogP contribution in [0, 0.1) is 0 Å². The van der Waals surface area contributed by atoms with E-state index in [0.717, 1.165) is 11.2 Å². The molecule has 3 unspecified atom stereocenters. The predicted molar refractivity (Wildman–Crippen MR) is 126 cm³/mol. The van der Waals surface area contributed by atoms with Gasteiger partial charge in [0.05, 0.1) is 23.5 Å². The lowest BCUT2D eigenvalue weighted by Crippen LogP contribution is -2.73. The molecule has 0 aromatic heterocycles. The Labute approximate surface area is 206 Å². The number of aliphatic hydroxyl groups is 1. The van der Waals surface area contributed by atoms with E-state index in [1.54, 1.807) is 4.90 Å². The SMILES string of the molecule is CS(=O)(=O)c1cccc(C(=O)NC2CN3C(N)=N[C@@H](CN4C(=O)CCC4=O)C4N=C(N)NC43[C@@H]2O)c1. The summed E-state index contributed by atoms with van der Waals surface area (Å²) >= 11 is 0. The molecular weight excluding hydrogens is 492 g/mol. The maximum absolute atomic E-state index is 13.0. The van der Waals surface area contributed by atoms with E-state index in [9.17, 15) is 27.9 Å². The molecule has 0 bridgehead atoms. The molecule has 192 valence electrons. The average molecular weight is 519 g/mol. The summed E-state index contributed by atoms with van der Waals surface area (Å²) in [6.07, 6.45) is -0.00263. The van der Waals surface area contributed by atoms with Gasteiger partial charge in [0.25, 0.3) is 5.91 Å². The zero-order valence-corrected chi connectivity index (χ0v) is 20.1. The Morgan fingerprint density at radius 3 is 2.61 bits per heavy atom. The zero-order valence-electron chi connectivity index (χ0n) is 19.3. The Hall–Kier alpha value is -3.72. The van der Waals surface area contributed by atoms with Crippen LogP contribution in [0.2, 0.25) is 0 Å². The molecule has 1 aromatic carbocycles. The van der Waals surface area contributed by atoms with Crippen molar-refractivity contribution in [2.75, 3.05) is 19.3 Å². The van der Waals surface area contributed by atoms with Crippen LogP contribution in [-0.4, -0.2) is 102 Å². The first-order chi connectivity index (χ1) is 16.9. The number of carbonyl (C=O) groups is 3. The first-order valence-corrected chi connectivity index (χ1v) is 13.2. The Balaban J connectivity index is 1.41. The van der Waals surface area contributed by atoms with E-state index in [0.29, 0.717) is 0 Å². The van der Waals surface area contributed by atoms with Crippen molar-refractivity contribution < 1.29 is 27.9 Å². The minimum absolute atomic E-state index is 0.0120. The van der Waals surface area contributed by atoms with Crippen LogP contribution in [0.1, 0.15) is 23.2 Å². The van der Waals surface area contributed by atoms with E-state index >= 15 is 0 Å². The van der Waals surface area contributed by atoms with Crippen LogP contribution in [0.4, 0.5) is 0 Å². The van der Waals surface area contributed by atoms with Crippen molar-refractivity contribution in [2.45, 2.75) is 47.6 Å². The molecule has 4 heterocycles. The highest BCUT2D eigenvalue weighted by molar-refractivity contribution is 7.90. The molecular formula is C21H26N8O6S. The van der Waals surface area contributed by atoms with Crippen molar-refractivity contribution in [3.63, 3.8) is 0 Å². The number of imide groups is 1. The number of nitrogens with zero attached hydrogens (tertiary/aromatic N) is 4. The Kier molecular flexibility index (Phi) is 5.44. The number of sulfone groups is 1. The topological polar surface area (TPSA) is 213 Å². The summed E-state index contributed by atoms with van der Waals surface area (Å²) in [5, 5.41) is 17.2. The standard InChI is InChI=1S/C21H26N8O6S/c1-36(34,35)11-4-2-3-10(7-11)18(33)24-13-9-29-20(23)25-12(8-28-14(30)5-6-15(28)31)16-21(29,17(13)32)27-19(22)26-16/h2-4,7,12-13,16-17,32H,5-6,8-9H2,1H3,(H2,23,25)(H,24,33)(H3,22,26,27)/t12-,13?,16?,17+,21?/m0/s1. The van der Waals surface area contributed by atoms with Crippen LogP contribution >= 0.6 is 0 Å². The van der Waals surface area contributed by atoms with Crippen LogP contribution in [0.3, 0.4) is 0 Å². The van der Waals surface area contributed by atoms with Crippen LogP contribution in [0.15, 0.2) is 39.1 Å². The van der Waals surface area contributed by atoms with Crippen LogP contribution in [0.25, 0.3) is 0 Å². The van der Waals surface area contributed by atoms with Gasteiger partial charge in [-0.15, -0.1) is 0 Å². The molecule has 4 aliphatic rings. The lowest BCUT2D eigenvalue weighted by Gasteiger charge is -2.46. The maximum atomic E-state index is 13.0.